The number of hydrogen-bond acceptors (Lipinski definition) is 9. The molecule has 2 aromatic carbocycles. The number of rotatable bonds is 7. The highest BCUT2D eigenvalue weighted by Crippen LogP contribution is 2.27. The first-order valence-corrected chi connectivity index (χ1v) is 9.48. The Bertz CT molecular complexity index is 1010. The molecule has 0 aliphatic heterocycles. The number of nitro groups is 2. The van der Waals surface area contributed by atoms with Gasteiger partial charge in [-0.2, -0.15) is 0 Å². The van der Waals surface area contributed by atoms with E-state index in [-0.39, 0.29) is 10.7 Å². The van der Waals surface area contributed by atoms with Gasteiger partial charge < -0.3 is 0 Å². The number of nitrogens with zero attached hydrogens (tertiary/aromatic N) is 4. The molecule has 0 radical (unpaired) electrons. The molecule has 3 aromatic rings. The zero-order chi connectivity index (χ0) is 20.1. The molecule has 142 valence electrons. The topological polar surface area (TPSA) is 141 Å². The number of aromatic nitrogens is 2. The minimum atomic E-state index is -0.798. The fourth-order valence-corrected chi connectivity index (χ4v) is 3.77. The van der Waals surface area contributed by atoms with Crippen molar-refractivity contribution in [2.45, 2.75) is 10.6 Å². The quantitative estimate of drug-likeness (QED) is 0.346. The van der Waals surface area contributed by atoms with Crippen LogP contribution in [-0.4, -0.2) is 26.0 Å². The predicted molar refractivity (Wildman–Crippen MR) is 104 cm³/mol. The normalized spacial score (nSPS) is 10.4. The highest BCUT2D eigenvalue weighted by atomic mass is 32.2. The fraction of sp³-hybridized carbons (Fsp3) is 0.0625. The molecule has 1 amide bonds. The molecule has 0 unspecified atom stereocenters. The van der Waals surface area contributed by atoms with Gasteiger partial charge in [-0.3, -0.25) is 30.3 Å². The average molecular weight is 417 g/mol. The van der Waals surface area contributed by atoms with E-state index in [1.165, 1.54) is 0 Å². The Morgan fingerprint density at radius 1 is 1.04 bits per heavy atom. The zero-order valence-corrected chi connectivity index (χ0v) is 15.6. The second-order valence-corrected chi connectivity index (χ2v) is 7.42. The molecule has 0 atom stereocenters. The molecule has 0 saturated carbocycles. The second kappa shape index (κ2) is 8.54. The van der Waals surface area contributed by atoms with Crippen LogP contribution in [0.4, 0.5) is 16.5 Å². The molecule has 1 aromatic heterocycles. The van der Waals surface area contributed by atoms with Crippen LogP contribution in [-0.2, 0) is 5.75 Å². The van der Waals surface area contributed by atoms with Crippen molar-refractivity contribution in [1.82, 2.24) is 10.2 Å². The first kappa shape index (κ1) is 19.4. The minimum absolute atomic E-state index is 0.197. The monoisotopic (exact) mass is 417 g/mol. The molecule has 0 bridgehead atoms. The lowest BCUT2D eigenvalue weighted by molar-refractivity contribution is -0.394. The maximum Gasteiger partial charge on any atom is 0.277 e. The lowest BCUT2D eigenvalue weighted by Crippen LogP contribution is -2.12. The van der Waals surface area contributed by atoms with Gasteiger partial charge in [0.05, 0.1) is 27.2 Å². The average Bonchev–Trinajstić information content (AvgIpc) is 3.14. The Balaban J connectivity index is 1.70. The number of non-ortho nitro benzene ring substituents is 2. The first-order valence-electron chi connectivity index (χ1n) is 7.68. The number of thioether (sulfide) groups is 1. The van der Waals surface area contributed by atoms with Gasteiger partial charge in [0.15, 0.2) is 0 Å². The second-order valence-electron chi connectivity index (χ2n) is 5.31. The molecule has 28 heavy (non-hydrogen) atoms. The van der Waals surface area contributed by atoms with Crippen LogP contribution in [0, 0.1) is 20.2 Å². The summed E-state index contributed by atoms with van der Waals surface area (Å²) in [4.78, 5) is 33.7. The maximum atomic E-state index is 12.3. The van der Waals surface area contributed by atoms with E-state index in [9.17, 15) is 25.0 Å². The molecule has 0 saturated heterocycles. The third-order valence-electron chi connectivity index (χ3n) is 3.38. The standard InChI is InChI=1S/C16H11N5O5S2/c22-15(10-6-11(20(23)24)8-12(7-10)21(25)26)17-16-19-18-14(28-16)9-27-13-4-2-1-3-5-13/h1-8H,9H2,(H,17,19,22). The Morgan fingerprint density at radius 2 is 1.68 bits per heavy atom. The van der Waals surface area contributed by atoms with Crippen molar-refractivity contribution < 1.29 is 14.6 Å². The van der Waals surface area contributed by atoms with Crippen molar-refractivity contribution in [2.75, 3.05) is 5.32 Å². The number of benzene rings is 2. The number of amides is 1. The highest BCUT2D eigenvalue weighted by Gasteiger charge is 2.20. The van der Waals surface area contributed by atoms with Crippen LogP contribution >= 0.6 is 23.1 Å². The third-order valence-corrected chi connectivity index (χ3v) is 5.42. The van der Waals surface area contributed by atoms with Gasteiger partial charge in [-0.05, 0) is 12.1 Å². The van der Waals surface area contributed by atoms with E-state index in [0.29, 0.717) is 10.8 Å². The molecule has 0 aliphatic carbocycles. The summed E-state index contributed by atoms with van der Waals surface area (Å²) in [5.74, 6) is -0.190. The van der Waals surface area contributed by atoms with Gasteiger partial charge in [0.1, 0.15) is 5.01 Å². The van der Waals surface area contributed by atoms with E-state index in [1.54, 1.807) is 11.8 Å². The largest absolute Gasteiger partial charge is 0.296 e. The SMILES string of the molecule is O=C(Nc1nnc(CSc2ccccc2)s1)c1cc([N+](=O)[O-])cc([N+](=O)[O-])c1. The lowest BCUT2D eigenvalue weighted by Gasteiger charge is -2.02. The van der Waals surface area contributed by atoms with Crippen LogP contribution in [0.15, 0.2) is 53.4 Å². The van der Waals surface area contributed by atoms with E-state index in [2.05, 4.69) is 15.5 Å². The van der Waals surface area contributed by atoms with Gasteiger partial charge >= 0.3 is 0 Å². The van der Waals surface area contributed by atoms with Crippen LogP contribution in [0.5, 0.6) is 0 Å². The van der Waals surface area contributed by atoms with Crippen LogP contribution in [0.3, 0.4) is 0 Å². The predicted octanol–water partition coefficient (Wildman–Crippen LogP) is 3.90. The van der Waals surface area contributed by atoms with Gasteiger partial charge in [-0.25, -0.2) is 0 Å². The third kappa shape index (κ3) is 4.86. The molecule has 3 rings (SSSR count). The molecule has 1 heterocycles. The molecule has 12 heteroatoms. The van der Waals surface area contributed by atoms with E-state index < -0.39 is 27.1 Å². The Hall–Kier alpha value is -3.38. The first-order chi connectivity index (χ1) is 13.4. The van der Waals surface area contributed by atoms with E-state index in [0.717, 1.165) is 34.4 Å². The molecular formula is C16H11N5O5S2. The number of carbonyl (C=O) groups is 1. The van der Waals surface area contributed by atoms with E-state index in [1.807, 2.05) is 30.3 Å². The summed E-state index contributed by atoms with van der Waals surface area (Å²) in [5, 5.41) is 33.0. The summed E-state index contributed by atoms with van der Waals surface area (Å²) in [6, 6.07) is 12.4. The van der Waals surface area contributed by atoms with E-state index >= 15 is 0 Å². The number of nitro benzene ring substituents is 2. The highest BCUT2D eigenvalue weighted by molar-refractivity contribution is 7.98. The van der Waals surface area contributed by atoms with Crippen molar-refractivity contribution in [3.8, 4) is 0 Å². The van der Waals surface area contributed by atoms with Crippen molar-refractivity contribution in [3.63, 3.8) is 0 Å². The Kier molecular flexibility index (Phi) is 5.91. The lowest BCUT2D eigenvalue weighted by atomic mass is 10.1. The van der Waals surface area contributed by atoms with Gasteiger partial charge in [-0.1, -0.05) is 29.5 Å². The minimum Gasteiger partial charge on any atom is -0.296 e. The van der Waals surface area contributed by atoms with Crippen molar-refractivity contribution in [1.29, 1.82) is 0 Å². The molecular weight excluding hydrogens is 406 g/mol. The number of anilines is 1. The van der Waals surface area contributed by atoms with Crippen LogP contribution in [0.1, 0.15) is 15.4 Å². The van der Waals surface area contributed by atoms with E-state index in [4.69, 9.17) is 0 Å². The van der Waals surface area contributed by atoms with Gasteiger partial charge in [0.2, 0.25) is 5.13 Å². The number of hydrogen-bond donors (Lipinski definition) is 1. The van der Waals surface area contributed by atoms with Crippen LogP contribution in [0.2, 0.25) is 0 Å². The fourth-order valence-electron chi connectivity index (χ4n) is 2.13. The zero-order valence-electron chi connectivity index (χ0n) is 14.0. The maximum absolute atomic E-state index is 12.3. The van der Waals surface area contributed by atoms with Gasteiger partial charge in [0, 0.05) is 17.0 Å². The summed E-state index contributed by atoms with van der Waals surface area (Å²) < 4.78 is 0. The molecule has 0 fully saturated rings. The number of carbonyl (C=O) groups excluding carboxylic acids is 1. The molecule has 0 spiro atoms. The summed E-state index contributed by atoms with van der Waals surface area (Å²) >= 11 is 2.71. The van der Waals surface area contributed by atoms with Crippen molar-refractivity contribution in [3.05, 3.63) is 79.3 Å². The summed E-state index contributed by atoms with van der Waals surface area (Å²) in [5.41, 5.74) is -1.30. The van der Waals surface area contributed by atoms with Crippen LogP contribution < -0.4 is 5.32 Å². The van der Waals surface area contributed by atoms with Crippen molar-refractivity contribution >= 4 is 45.5 Å². The summed E-state index contributed by atoms with van der Waals surface area (Å²) in [7, 11) is 0. The summed E-state index contributed by atoms with van der Waals surface area (Å²) in [6.07, 6.45) is 0. The Labute approximate surface area is 165 Å². The number of nitrogens with one attached hydrogen (secondary N) is 1. The smallest absolute Gasteiger partial charge is 0.277 e. The van der Waals surface area contributed by atoms with Crippen molar-refractivity contribution in [2.24, 2.45) is 0 Å². The molecule has 1 N–H and O–H groups in total. The summed E-state index contributed by atoms with van der Waals surface area (Å²) in [6.45, 7) is 0. The van der Waals surface area contributed by atoms with Crippen LogP contribution in [0.25, 0.3) is 0 Å². The Morgan fingerprint density at radius 3 is 2.29 bits per heavy atom. The van der Waals surface area contributed by atoms with Gasteiger partial charge in [-0.15, -0.1) is 22.0 Å². The molecule has 10 nitrogen and oxygen atoms in total. The molecule has 0 aliphatic rings. The van der Waals surface area contributed by atoms with Gasteiger partial charge in [0.25, 0.3) is 17.3 Å².